The van der Waals surface area contributed by atoms with Gasteiger partial charge in [-0.2, -0.15) is 0 Å². The Kier molecular flexibility index (Phi) is 7.01. The summed E-state index contributed by atoms with van der Waals surface area (Å²) in [5.41, 5.74) is 0.970. The van der Waals surface area contributed by atoms with Crippen LogP contribution >= 0.6 is 0 Å². The van der Waals surface area contributed by atoms with Gasteiger partial charge in [0.1, 0.15) is 11.5 Å². The minimum atomic E-state index is -0.250. The maximum absolute atomic E-state index is 11.5. The Morgan fingerprint density at radius 3 is 2.90 bits per heavy atom. The SMILES string of the molecule is C#CCNC(=O)COc1cc(OC)ccc1CNCC. The molecule has 0 fully saturated rings. The molecule has 2 N–H and O–H groups in total. The van der Waals surface area contributed by atoms with Gasteiger partial charge in [0.25, 0.3) is 5.91 Å². The molecule has 0 saturated carbocycles. The van der Waals surface area contributed by atoms with Gasteiger partial charge in [-0.05, 0) is 12.6 Å². The number of rotatable bonds is 8. The van der Waals surface area contributed by atoms with Crippen molar-refractivity contribution in [3.8, 4) is 23.8 Å². The van der Waals surface area contributed by atoms with Crippen molar-refractivity contribution in [2.75, 3.05) is 26.8 Å². The average molecular weight is 276 g/mol. The van der Waals surface area contributed by atoms with E-state index >= 15 is 0 Å². The Morgan fingerprint density at radius 1 is 1.45 bits per heavy atom. The second kappa shape index (κ2) is 8.83. The van der Waals surface area contributed by atoms with Gasteiger partial charge in [-0.25, -0.2) is 0 Å². The van der Waals surface area contributed by atoms with Crippen molar-refractivity contribution in [1.82, 2.24) is 10.6 Å². The quantitative estimate of drug-likeness (QED) is 0.694. The van der Waals surface area contributed by atoms with Gasteiger partial charge in [-0.1, -0.05) is 18.9 Å². The van der Waals surface area contributed by atoms with Crippen LogP contribution in [0.25, 0.3) is 0 Å². The zero-order valence-electron chi connectivity index (χ0n) is 11.9. The molecule has 1 amide bonds. The van der Waals surface area contributed by atoms with Gasteiger partial charge >= 0.3 is 0 Å². The summed E-state index contributed by atoms with van der Waals surface area (Å²) in [7, 11) is 1.59. The number of terminal acetylenes is 1. The minimum Gasteiger partial charge on any atom is -0.497 e. The summed E-state index contributed by atoms with van der Waals surface area (Å²) in [5.74, 6) is 3.40. The summed E-state index contributed by atoms with van der Waals surface area (Å²) in [6, 6.07) is 5.54. The van der Waals surface area contributed by atoms with Gasteiger partial charge in [0, 0.05) is 18.2 Å². The van der Waals surface area contributed by atoms with Crippen molar-refractivity contribution in [1.29, 1.82) is 0 Å². The van der Waals surface area contributed by atoms with Gasteiger partial charge in [0.2, 0.25) is 0 Å². The first-order valence-electron chi connectivity index (χ1n) is 6.41. The summed E-state index contributed by atoms with van der Waals surface area (Å²) in [5, 5.41) is 5.76. The Labute approximate surface area is 119 Å². The van der Waals surface area contributed by atoms with Crippen LogP contribution in [0.1, 0.15) is 12.5 Å². The molecule has 0 heterocycles. The number of ether oxygens (including phenoxy) is 2. The molecule has 0 unspecified atom stereocenters. The predicted molar refractivity (Wildman–Crippen MR) is 77.7 cm³/mol. The molecule has 20 heavy (non-hydrogen) atoms. The summed E-state index contributed by atoms with van der Waals surface area (Å²) in [6.07, 6.45) is 5.07. The zero-order valence-corrected chi connectivity index (χ0v) is 11.9. The number of nitrogens with one attached hydrogen (secondary N) is 2. The number of methoxy groups -OCH3 is 1. The summed E-state index contributed by atoms with van der Waals surface area (Å²) in [4.78, 5) is 11.5. The average Bonchev–Trinajstić information content (AvgIpc) is 2.49. The predicted octanol–water partition coefficient (Wildman–Crippen LogP) is 0.933. The van der Waals surface area contributed by atoms with Gasteiger partial charge in [-0.15, -0.1) is 6.42 Å². The van der Waals surface area contributed by atoms with Crippen LogP contribution in [0.15, 0.2) is 18.2 Å². The monoisotopic (exact) mass is 276 g/mol. The maximum atomic E-state index is 11.5. The van der Waals surface area contributed by atoms with Crippen LogP contribution in [0, 0.1) is 12.3 Å². The van der Waals surface area contributed by atoms with E-state index in [1.54, 1.807) is 13.2 Å². The molecule has 5 nitrogen and oxygen atoms in total. The van der Waals surface area contributed by atoms with Crippen LogP contribution in [0.3, 0.4) is 0 Å². The Morgan fingerprint density at radius 2 is 2.25 bits per heavy atom. The number of hydrogen-bond donors (Lipinski definition) is 2. The van der Waals surface area contributed by atoms with Crippen LogP contribution in [0.5, 0.6) is 11.5 Å². The fourth-order valence-corrected chi connectivity index (χ4v) is 1.55. The summed E-state index contributed by atoms with van der Waals surface area (Å²) < 4.78 is 10.7. The van der Waals surface area contributed by atoms with Crippen LogP contribution in [0.4, 0.5) is 0 Å². The smallest absolute Gasteiger partial charge is 0.258 e. The molecule has 0 aliphatic carbocycles. The molecule has 0 aliphatic heterocycles. The van der Waals surface area contributed by atoms with Crippen molar-refractivity contribution in [3.63, 3.8) is 0 Å². The van der Waals surface area contributed by atoms with Gasteiger partial charge in [-0.3, -0.25) is 4.79 Å². The van der Waals surface area contributed by atoms with Crippen molar-refractivity contribution < 1.29 is 14.3 Å². The molecule has 0 radical (unpaired) electrons. The molecule has 1 aromatic rings. The highest BCUT2D eigenvalue weighted by molar-refractivity contribution is 5.77. The topological polar surface area (TPSA) is 59.6 Å². The Hall–Kier alpha value is -2.19. The third-order valence-electron chi connectivity index (χ3n) is 2.59. The van der Waals surface area contributed by atoms with Crippen LogP contribution in [0.2, 0.25) is 0 Å². The normalized spacial score (nSPS) is 9.65. The third kappa shape index (κ3) is 5.21. The molecular weight excluding hydrogens is 256 g/mol. The molecule has 1 rings (SSSR count). The van der Waals surface area contributed by atoms with Crippen molar-refractivity contribution in [3.05, 3.63) is 23.8 Å². The summed E-state index contributed by atoms with van der Waals surface area (Å²) >= 11 is 0. The van der Waals surface area contributed by atoms with Gasteiger partial charge < -0.3 is 20.1 Å². The molecule has 0 atom stereocenters. The molecule has 108 valence electrons. The van der Waals surface area contributed by atoms with E-state index in [1.165, 1.54) is 0 Å². The minimum absolute atomic E-state index is 0.0754. The lowest BCUT2D eigenvalue weighted by molar-refractivity contribution is -0.122. The first-order chi connectivity index (χ1) is 9.71. The Bertz CT molecular complexity index is 480. The first kappa shape index (κ1) is 15.9. The molecule has 1 aromatic carbocycles. The fourth-order valence-electron chi connectivity index (χ4n) is 1.55. The van der Waals surface area contributed by atoms with Crippen molar-refractivity contribution in [2.45, 2.75) is 13.5 Å². The molecule has 0 spiro atoms. The molecule has 5 heteroatoms. The maximum Gasteiger partial charge on any atom is 0.258 e. The van der Waals surface area contributed by atoms with E-state index in [0.717, 1.165) is 12.1 Å². The highest BCUT2D eigenvalue weighted by atomic mass is 16.5. The van der Waals surface area contributed by atoms with E-state index in [1.807, 2.05) is 19.1 Å². The largest absolute Gasteiger partial charge is 0.497 e. The van der Waals surface area contributed by atoms with Gasteiger partial charge in [0.05, 0.1) is 13.7 Å². The lowest BCUT2D eigenvalue weighted by Gasteiger charge is -2.13. The standard InChI is InChI=1S/C15H20N2O3/c1-4-8-17-15(18)11-20-14-9-13(19-3)7-6-12(14)10-16-5-2/h1,6-7,9,16H,5,8,10-11H2,2-3H3,(H,17,18). The van der Waals surface area contributed by atoms with Crippen molar-refractivity contribution >= 4 is 5.91 Å². The Balaban J connectivity index is 2.69. The molecule has 0 bridgehead atoms. The lowest BCUT2D eigenvalue weighted by atomic mass is 10.2. The first-order valence-corrected chi connectivity index (χ1v) is 6.41. The van der Waals surface area contributed by atoms with E-state index in [-0.39, 0.29) is 19.1 Å². The van der Waals surface area contributed by atoms with E-state index in [9.17, 15) is 4.79 Å². The van der Waals surface area contributed by atoms with E-state index in [2.05, 4.69) is 16.6 Å². The van der Waals surface area contributed by atoms with Crippen molar-refractivity contribution in [2.24, 2.45) is 0 Å². The number of carbonyl (C=O) groups excluding carboxylic acids is 1. The summed E-state index contributed by atoms with van der Waals surface area (Å²) in [6.45, 7) is 3.67. The third-order valence-corrected chi connectivity index (χ3v) is 2.59. The number of hydrogen-bond acceptors (Lipinski definition) is 4. The van der Waals surface area contributed by atoms with E-state index in [0.29, 0.717) is 18.0 Å². The number of carbonyl (C=O) groups is 1. The van der Waals surface area contributed by atoms with Crippen LogP contribution in [-0.2, 0) is 11.3 Å². The fraction of sp³-hybridized carbons (Fsp3) is 0.400. The van der Waals surface area contributed by atoms with Crippen LogP contribution < -0.4 is 20.1 Å². The second-order valence-electron chi connectivity index (χ2n) is 4.02. The lowest BCUT2D eigenvalue weighted by Crippen LogP contribution is -2.29. The molecule has 0 aromatic heterocycles. The molecule has 0 aliphatic rings. The number of benzene rings is 1. The highest BCUT2D eigenvalue weighted by Gasteiger charge is 2.08. The zero-order chi connectivity index (χ0) is 14.8. The van der Waals surface area contributed by atoms with Crippen LogP contribution in [-0.4, -0.2) is 32.7 Å². The second-order valence-corrected chi connectivity index (χ2v) is 4.02. The highest BCUT2D eigenvalue weighted by Crippen LogP contribution is 2.24. The molecule has 0 saturated heterocycles. The van der Waals surface area contributed by atoms with E-state index in [4.69, 9.17) is 15.9 Å². The van der Waals surface area contributed by atoms with E-state index < -0.39 is 0 Å². The molecular formula is C15H20N2O3. The number of amides is 1. The van der Waals surface area contributed by atoms with Gasteiger partial charge in [0.15, 0.2) is 6.61 Å².